The molecule has 6 nitrogen and oxygen atoms in total. The third kappa shape index (κ3) is 8.54. The summed E-state index contributed by atoms with van der Waals surface area (Å²) in [5.74, 6) is 0. The van der Waals surface area contributed by atoms with Crippen LogP contribution in [0.2, 0.25) is 0 Å². The van der Waals surface area contributed by atoms with Crippen LogP contribution in [0.1, 0.15) is 0 Å². The van der Waals surface area contributed by atoms with Gasteiger partial charge in [0.2, 0.25) is 0 Å². The number of ether oxygens (including phenoxy) is 3. The quantitative estimate of drug-likeness (QED) is 0.280. The fourth-order valence-corrected chi connectivity index (χ4v) is 4.20. The Morgan fingerprint density at radius 3 is 1.22 bits per heavy atom. The van der Waals surface area contributed by atoms with E-state index < -0.39 is 8.80 Å². The molecule has 0 spiro atoms. The highest BCUT2D eigenvalue weighted by Crippen LogP contribution is 2.13. The minimum absolute atomic E-state index is 0.439. The van der Waals surface area contributed by atoms with Crippen LogP contribution in [-0.2, 0) is 27.5 Å². The lowest BCUT2D eigenvalue weighted by molar-refractivity contribution is 0.0187. The maximum absolute atomic E-state index is 5.72. The van der Waals surface area contributed by atoms with Gasteiger partial charge >= 0.3 is 8.80 Å². The first-order valence-corrected chi connectivity index (χ1v) is 8.74. The summed E-state index contributed by atoms with van der Waals surface area (Å²) in [4.78, 5) is 0.525. The number of methoxy groups -OCH3 is 3. The molecule has 0 aliphatic carbocycles. The Balaban J connectivity index is 4.20. The molecule has 0 unspecified atom stereocenters. The molecule has 0 rings (SSSR count). The van der Waals surface area contributed by atoms with Crippen molar-refractivity contribution in [1.29, 1.82) is 0 Å². The predicted octanol–water partition coefficient (Wildman–Crippen LogP) is 0.848. The van der Waals surface area contributed by atoms with Crippen LogP contribution in [0.15, 0.2) is 0 Å². The van der Waals surface area contributed by atoms with Gasteiger partial charge in [0.25, 0.3) is 0 Å². The molecule has 0 aromatic heterocycles. The van der Waals surface area contributed by atoms with Crippen molar-refractivity contribution in [3.8, 4) is 0 Å². The van der Waals surface area contributed by atoms with E-state index in [4.69, 9.17) is 27.5 Å². The summed E-state index contributed by atoms with van der Waals surface area (Å²) in [6, 6.07) is 0. The van der Waals surface area contributed by atoms with Crippen LogP contribution >= 0.6 is 15.9 Å². The second kappa shape index (κ2) is 12.5. The van der Waals surface area contributed by atoms with Crippen molar-refractivity contribution < 1.29 is 27.5 Å². The molecule has 0 bridgehead atoms. The Labute approximate surface area is 118 Å². The molecule has 110 valence electrons. The first-order chi connectivity index (χ1) is 8.74. The molecule has 0 aromatic rings. The summed E-state index contributed by atoms with van der Waals surface area (Å²) >= 11 is 3.39. The van der Waals surface area contributed by atoms with Crippen LogP contribution in [0.3, 0.4) is 0 Å². The van der Waals surface area contributed by atoms with Gasteiger partial charge in [-0.3, -0.25) is 0 Å². The molecule has 0 aliphatic rings. The maximum Gasteiger partial charge on any atom is 0.512 e. The van der Waals surface area contributed by atoms with Crippen LogP contribution in [0, 0.1) is 0 Å². The molecule has 0 heterocycles. The van der Waals surface area contributed by atoms with Crippen molar-refractivity contribution in [2.75, 3.05) is 65.9 Å². The van der Waals surface area contributed by atoms with Gasteiger partial charge in [-0.2, -0.15) is 0 Å². The van der Waals surface area contributed by atoms with Gasteiger partial charge in [-0.05, 0) is 0 Å². The summed E-state index contributed by atoms with van der Waals surface area (Å²) in [7, 11) is 2.17. The number of hydrogen-bond donors (Lipinski definition) is 0. The molecule has 0 aliphatic heterocycles. The third-order valence-corrected chi connectivity index (χ3v) is 6.31. The highest BCUT2D eigenvalue weighted by atomic mass is 79.9. The van der Waals surface area contributed by atoms with Crippen molar-refractivity contribution in [1.82, 2.24) is 0 Å². The molecule has 0 saturated heterocycles. The number of halogens is 1. The van der Waals surface area contributed by atoms with Crippen LogP contribution in [0.4, 0.5) is 0 Å². The van der Waals surface area contributed by atoms with Gasteiger partial charge in [-0.15, -0.1) is 0 Å². The molecule has 8 heteroatoms. The van der Waals surface area contributed by atoms with Crippen molar-refractivity contribution in [3.05, 3.63) is 0 Å². The van der Waals surface area contributed by atoms with Gasteiger partial charge in [-0.25, -0.2) is 0 Å². The van der Waals surface area contributed by atoms with Crippen LogP contribution in [0.25, 0.3) is 0 Å². The van der Waals surface area contributed by atoms with E-state index in [2.05, 4.69) is 15.9 Å². The van der Waals surface area contributed by atoms with E-state index >= 15 is 0 Å². The molecule has 0 N–H and O–H groups in total. The zero-order valence-electron chi connectivity index (χ0n) is 11.3. The first kappa shape index (κ1) is 18.5. The van der Waals surface area contributed by atoms with E-state index in [1.807, 2.05) is 0 Å². The van der Waals surface area contributed by atoms with E-state index in [0.29, 0.717) is 44.6 Å². The average Bonchev–Trinajstić information content (AvgIpc) is 2.39. The number of rotatable bonds is 13. The molecular weight excluding hydrogens is 324 g/mol. The topological polar surface area (TPSA) is 55.4 Å². The van der Waals surface area contributed by atoms with Crippen LogP contribution in [0.5, 0.6) is 0 Å². The Hall–Kier alpha value is 0.457. The van der Waals surface area contributed by atoms with E-state index in [-0.39, 0.29) is 0 Å². The van der Waals surface area contributed by atoms with Gasteiger partial charge in [0.05, 0.1) is 44.6 Å². The van der Waals surface area contributed by atoms with E-state index in [9.17, 15) is 0 Å². The van der Waals surface area contributed by atoms with E-state index in [1.54, 1.807) is 21.3 Å². The second-order valence-electron chi connectivity index (χ2n) is 3.34. The standard InChI is InChI=1S/C10H23BrO6Si/c1-12-4-7-15-18(10-11,16-8-5-13-2)17-9-6-14-3/h4-10H2,1-3H3. The lowest BCUT2D eigenvalue weighted by Gasteiger charge is -2.27. The fourth-order valence-electron chi connectivity index (χ4n) is 1.08. The summed E-state index contributed by atoms with van der Waals surface area (Å²) < 4.78 is 32.0. The van der Waals surface area contributed by atoms with Gasteiger partial charge in [0.1, 0.15) is 0 Å². The average molecular weight is 347 g/mol. The summed E-state index contributed by atoms with van der Waals surface area (Å²) in [6.45, 7) is 2.83. The minimum Gasteiger partial charge on any atom is -0.382 e. The van der Waals surface area contributed by atoms with E-state index in [0.717, 1.165) is 0 Å². The van der Waals surface area contributed by atoms with Gasteiger partial charge < -0.3 is 27.5 Å². The highest BCUT2D eigenvalue weighted by Gasteiger charge is 2.40. The molecule has 0 aromatic carbocycles. The largest absolute Gasteiger partial charge is 0.512 e. The fraction of sp³-hybridized carbons (Fsp3) is 1.00. The van der Waals surface area contributed by atoms with Crippen LogP contribution in [-0.4, -0.2) is 74.7 Å². The number of alkyl halides is 1. The Morgan fingerprint density at radius 2 is 1.00 bits per heavy atom. The number of hydrogen-bond acceptors (Lipinski definition) is 6. The molecule has 0 atom stereocenters. The van der Waals surface area contributed by atoms with Crippen LogP contribution < -0.4 is 0 Å². The summed E-state index contributed by atoms with van der Waals surface area (Å²) in [5, 5.41) is 0. The lowest BCUT2D eigenvalue weighted by Crippen LogP contribution is -2.50. The summed E-state index contributed by atoms with van der Waals surface area (Å²) in [6.07, 6.45) is 0. The van der Waals surface area contributed by atoms with Gasteiger partial charge in [-0.1, -0.05) is 15.9 Å². The Kier molecular flexibility index (Phi) is 12.8. The molecule has 0 saturated carbocycles. The lowest BCUT2D eigenvalue weighted by atomic mass is 10.8. The Morgan fingerprint density at radius 1 is 0.667 bits per heavy atom. The molecule has 0 fully saturated rings. The minimum atomic E-state index is -2.70. The zero-order chi connectivity index (χ0) is 13.7. The Bertz CT molecular complexity index is 159. The monoisotopic (exact) mass is 346 g/mol. The summed E-state index contributed by atoms with van der Waals surface area (Å²) in [5.41, 5.74) is 0. The predicted molar refractivity (Wildman–Crippen MR) is 73.0 cm³/mol. The van der Waals surface area contributed by atoms with Gasteiger partial charge in [0, 0.05) is 21.3 Å². The molecule has 0 amide bonds. The van der Waals surface area contributed by atoms with Crippen molar-refractivity contribution >= 4 is 24.7 Å². The van der Waals surface area contributed by atoms with E-state index in [1.165, 1.54) is 0 Å². The molecule has 18 heavy (non-hydrogen) atoms. The van der Waals surface area contributed by atoms with Crippen molar-refractivity contribution in [3.63, 3.8) is 0 Å². The SMILES string of the molecule is COCCO[Si](CBr)(OCCOC)OCCOC. The van der Waals surface area contributed by atoms with Gasteiger partial charge in [0.15, 0.2) is 0 Å². The molecule has 0 radical (unpaired) electrons. The molecular formula is C10H23BrO6Si. The highest BCUT2D eigenvalue weighted by molar-refractivity contribution is 9.09. The normalized spacial score (nSPS) is 12.0. The second-order valence-corrected chi connectivity index (χ2v) is 7.52. The van der Waals surface area contributed by atoms with Crippen molar-refractivity contribution in [2.45, 2.75) is 0 Å². The maximum atomic E-state index is 5.72. The smallest absolute Gasteiger partial charge is 0.382 e. The van der Waals surface area contributed by atoms with Crippen molar-refractivity contribution in [2.24, 2.45) is 0 Å². The third-order valence-electron chi connectivity index (χ3n) is 1.99. The zero-order valence-corrected chi connectivity index (χ0v) is 13.9. The first-order valence-electron chi connectivity index (χ1n) is 5.69.